The predicted molar refractivity (Wildman–Crippen MR) is 147 cm³/mol. The van der Waals surface area contributed by atoms with Crippen molar-refractivity contribution in [3.63, 3.8) is 0 Å². The number of aliphatic hydroxyl groups is 1. The van der Waals surface area contributed by atoms with Gasteiger partial charge in [0.2, 0.25) is 10.0 Å². The lowest BCUT2D eigenvalue weighted by molar-refractivity contribution is -0.0312. The number of aliphatic hydroxyl groups excluding tert-OH is 1. The van der Waals surface area contributed by atoms with Crippen LogP contribution in [0.4, 0.5) is 0 Å². The number of aromatic nitrogens is 1. The number of nitrogens with zero attached hydrogens (tertiary/aromatic N) is 2. The molecule has 3 N–H and O–H groups in total. The summed E-state index contributed by atoms with van der Waals surface area (Å²) in [5.41, 5.74) is 0.416. The largest absolute Gasteiger partial charge is 0.491 e. The highest BCUT2D eigenvalue weighted by Crippen LogP contribution is 2.38. The third kappa shape index (κ3) is 5.86. The van der Waals surface area contributed by atoms with E-state index < -0.39 is 31.6 Å². The van der Waals surface area contributed by atoms with E-state index in [1.807, 2.05) is 0 Å². The number of rotatable bonds is 10. The minimum absolute atomic E-state index is 0.000701. The molecule has 3 aliphatic heterocycles. The fourth-order valence-electron chi connectivity index (χ4n) is 5.68. The van der Waals surface area contributed by atoms with Gasteiger partial charge in [-0.3, -0.25) is 9.78 Å². The highest BCUT2D eigenvalue weighted by atomic mass is 32.2. The smallest absolute Gasteiger partial charge is 0.253 e. The van der Waals surface area contributed by atoms with Crippen molar-refractivity contribution in [2.75, 3.05) is 32.8 Å². The number of hydrogen-bond donors (Lipinski definition) is 3. The molecule has 222 valence electrons. The van der Waals surface area contributed by atoms with Crippen LogP contribution in [-0.2, 0) is 31.1 Å². The molecule has 1 aromatic heterocycles. The molecule has 1 aromatic carbocycles. The van der Waals surface area contributed by atoms with Crippen molar-refractivity contribution in [3.05, 3.63) is 47.8 Å². The van der Waals surface area contributed by atoms with E-state index >= 15 is 0 Å². The average Bonchev–Trinajstić information content (AvgIpc) is 3.68. The van der Waals surface area contributed by atoms with Gasteiger partial charge in [0.05, 0.1) is 40.2 Å². The lowest BCUT2D eigenvalue weighted by atomic mass is 9.88. The molecule has 1 saturated carbocycles. The summed E-state index contributed by atoms with van der Waals surface area (Å²) in [4.78, 5) is 16.4. The van der Waals surface area contributed by atoms with E-state index in [0.29, 0.717) is 75.4 Å². The Bertz CT molecular complexity index is 1540. The molecule has 0 radical (unpaired) electrons. The Hall–Kier alpha value is -2.62. The number of hydrogen-bond acceptors (Lipinski definition) is 10. The molecule has 4 aliphatic rings. The fraction of sp³-hybridized carbons (Fsp3) is 0.556. The van der Waals surface area contributed by atoms with E-state index in [1.165, 1.54) is 22.6 Å². The molecule has 41 heavy (non-hydrogen) atoms. The van der Waals surface area contributed by atoms with Crippen LogP contribution in [0.3, 0.4) is 0 Å². The SMILES string of the molecule is O=C1NCc2ncc(S(=O)(=O)N3CCC4(CC3)C[C@@H](NCC(O)COc3cccc(S(=O)(=O)C5CC5)c3)CO4)cc21. The number of pyridine rings is 1. The number of amides is 1. The van der Waals surface area contributed by atoms with Gasteiger partial charge in [-0.05, 0) is 56.4 Å². The van der Waals surface area contributed by atoms with Crippen molar-refractivity contribution < 1.29 is 36.2 Å². The number of sulfonamides is 1. The van der Waals surface area contributed by atoms with Crippen LogP contribution in [0.2, 0.25) is 0 Å². The van der Waals surface area contributed by atoms with Gasteiger partial charge in [0, 0.05) is 31.9 Å². The maximum atomic E-state index is 13.2. The standard InChI is InChI=1S/C27H34N4O8S2/c32-19(17-38-20-2-1-3-22(10-20)40(34,35)21-4-5-21)13-28-18-12-27(39-16-18)6-8-31(9-7-27)41(36,37)23-11-24-25(29-14-23)15-30-26(24)33/h1-3,10-11,14,18-19,21,28,32H,4-9,12-13,15-17H2,(H,30,33)/t18-,19?/m1/s1. The van der Waals surface area contributed by atoms with Gasteiger partial charge in [0.25, 0.3) is 5.91 Å². The summed E-state index contributed by atoms with van der Waals surface area (Å²) in [7, 11) is -7.10. The summed E-state index contributed by atoms with van der Waals surface area (Å²) in [5, 5.41) is 16.1. The van der Waals surface area contributed by atoms with Crippen LogP contribution in [0.1, 0.15) is 48.2 Å². The van der Waals surface area contributed by atoms with E-state index in [4.69, 9.17) is 9.47 Å². The minimum atomic E-state index is -3.79. The van der Waals surface area contributed by atoms with Crippen molar-refractivity contribution in [2.24, 2.45) is 0 Å². The van der Waals surface area contributed by atoms with Crippen molar-refractivity contribution in [1.82, 2.24) is 19.9 Å². The molecule has 0 bridgehead atoms. The molecule has 12 nitrogen and oxygen atoms in total. The summed E-state index contributed by atoms with van der Waals surface area (Å²) in [6.07, 6.45) is 3.64. The zero-order valence-corrected chi connectivity index (χ0v) is 24.1. The number of sulfone groups is 1. The van der Waals surface area contributed by atoms with Crippen molar-refractivity contribution >= 4 is 25.8 Å². The summed E-state index contributed by atoms with van der Waals surface area (Å²) in [6.45, 7) is 1.62. The predicted octanol–water partition coefficient (Wildman–Crippen LogP) is 0.603. The van der Waals surface area contributed by atoms with Crippen molar-refractivity contribution in [1.29, 1.82) is 0 Å². The Kier molecular flexibility index (Phi) is 7.57. The number of benzene rings is 1. The molecule has 2 atom stereocenters. The number of carbonyl (C=O) groups excluding carboxylic acids is 1. The number of ether oxygens (including phenoxy) is 2. The summed E-state index contributed by atoms with van der Waals surface area (Å²) >= 11 is 0. The first-order valence-electron chi connectivity index (χ1n) is 13.9. The number of nitrogens with one attached hydrogen (secondary N) is 2. The topological polar surface area (TPSA) is 164 Å². The molecule has 1 unspecified atom stereocenters. The summed E-state index contributed by atoms with van der Waals surface area (Å²) in [6, 6.07) is 7.79. The van der Waals surface area contributed by atoms with E-state index in [-0.39, 0.29) is 40.1 Å². The van der Waals surface area contributed by atoms with Crippen LogP contribution in [0, 0.1) is 0 Å². The second-order valence-electron chi connectivity index (χ2n) is 11.2. The Morgan fingerprint density at radius 1 is 1.17 bits per heavy atom. The summed E-state index contributed by atoms with van der Waals surface area (Å²) in [5.74, 6) is 0.0832. The molecule has 3 fully saturated rings. The third-order valence-electron chi connectivity index (χ3n) is 8.27. The van der Waals surface area contributed by atoms with E-state index in [9.17, 15) is 26.7 Å². The highest BCUT2D eigenvalue weighted by molar-refractivity contribution is 7.92. The van der Waals surface area contributed by atoms with Crippen LogP contribution >= 0.6 is 0 Å². The number of carbonyl (C=O) groups is 1. The molecule has 6 rings (SSSR count). The monoisotopic (exact) mass is 606 g/mol. The van der Waals surface area contributed by atoms with Gasteiger partial charge >= 0.3 is 0 Å². The first-order chi connectivity index (χ1) is 19.6. The molecule has 2 aromatic rings. The van der Waals surface area contributed by atoms with Gasteiger partial charge in [-0.1, -0.05) is 6.07 Å². The van der Waals surface area contributed by atoms with Crippen LogP contribution < -0.4 is 15.4 Å². The Balaban J connectivity index is 0.966. The maximum Gasteiger partial charge on any atom is 0.253 e. The highest BCUT2D eigenvalue weighted by Gasteiger charge is 2.45. The fourth-order valence-corrected chi connectivity index (χ4v) is 8.79. The van der Waals surface area contributed by atoms with Gasteiger partial charge in [0.1, 0.15) is 23.4 Å². The number of fused-ring (bicyclic) bond motifs is 1. The van der Waals surface area contributed by atoms with Gasteiger partial charge in [-0.2, -0.15) is 4.31 Å². The Morgan fingerprint density at radius 3 is 2.71 bits per heavy atom. The lowest BCUT2D eigenvalue weighted by Crippen LogP contribution is -2.47. The lowest BCUT2D eigenvalue weighted by Gasteiger charge is -2.38. The Labute approximate surface area is 239 Å². The quantitative estimate of drug-likeness (QED) is 0.349. The van der Waals surface area contributed by atoms with E-state index in [2.05, 4.69) is 15.6 Å². The van der Waals surface area contributed by atoms with Crippen LogP contribution in [0.5, 0.6) is 5.75 Å². The number of piperidine rings is 1. The van der Waals surface area contributed by atoms with Crippen LogP contribution in [0.25, 0.3) is 0 Å². The average molecular weight is 607 g/mol. The molecular formula is C27H34N4O8S2. The molecule has 2 saturated heterocycles. The zero-order valence-electron chi connectivity index (χ0n) is 22.5. The normalized spacial score (nSPS) is 23.3. The van der Waals surface area contributed by atoms with Crippen molar-refractivity contribution in [2.45, 2.75) is 71.4 Å². The van der Waals surface area contributed by atoms with Crippen molar-refractivity contribution in [3.8, 4) is 5.75 Å². The third-order valence-corrected chi connectivity index (χ3v) is 12.4. The van der Waals surface area contributed by atoms with Gasteiger partial charge < -0.3 is 25.2 Å². The molecule has 1 spiro atoms. The van der Waals surface area contributed by atoms with Gasteiger partial charge in [0.15, 0.2) is 9.84 Å². The second-order valence-corrected chi connectivity index (χ2v) is 15.4. The minimum Gasteiger partial charge on any atom is -0.491 e. The second kappa shape index (κ2) is 10.9. The molecule has 14 heteroatoms. The van der Waals surface area contributed by atoms with Gasteiger partial charge in [-0.15, -0.1) is 0 Å². The Morgan fingerprint density at radius 2 is 1.95 bits per heavy atom. The first-order valence-corrected chi connectivity index (χ1v) is 16.8. The van der Waals surface area contributed by atoms with Crippen LogP contribution in [0.15, 0.2) is 46.3 Å². The zero-order chi connectivity index (χ0) is 28.8. The summed E-state index contributed by atoms with van der Waals surface area (Å²) < 4.78 is 64.6. The van der Waals surface area contributed by atoms with Crippen LogP contribution in [-0.4, -0.2) is 93.0 Å². The molecule has 4 heterocycles. The first kappa shape index (κ1) is 28.5. The van der Waals surface area contributed by atoms with Gasteiger partial charge in [-0.25, -0.2) is 16.8 Å². The molecule has 1 aliphatic carbocycles. The maximum absolute atomic E-state index is 13.2. The molecular weight excluding hydrogens is 572 g/mol. The van der Waals surface area contributed by atoms with E-state index in [0.717, 1.165) is 0 Å². The van der Waals surface area contributed by atoms with E-state index in [1.54, 1.807) is 18.2 Å². The molecule has 1 amide bonds.